The first kappa shape index (κ1) is 12.0. The van der Waals surface area contributed by atoms with Gasteiger partial charge < -0.3 is 9.47 Å². The first-order valence-electron chi connectivity index (χ1n) is 5.37. The maximum atomic E-state index is 5.63. The van der Waals surface area contributed by atoms with E-state index >= 15 is 0 Å². The van der Waals surface area contributed by atoms with Crippen LogP contribution in [0, 0.1) is 0 Å². The second-order valence-corrected chi connectivity index (χ2v) is 4.78. The normalized spacial score (nSPS) is 36.0. The Bertz CT molecular complexity index is 184. The highest BCUT2D eigenvalue weighted by Crippen LogP contribution is 2.20. The van der Waals surface area contributed by atoms with Crippen molar-refractivity contribution in [3.05, 3.63) is 0 Å². The van der Waals surface area contributed by atoms with Gasteiger partial charge in [-0.05, 0) is 27.7 Å². The Balaban J connectivity index is 2.72. The molecular weight excluding hydrogens is 178 g/mol. The third-order valence-electron chi connectivity index (χ3n) is 3.01. The van der Waals surface area contributed by atoms with Crippen LogP contribution in [0.25, 0.3) is 0 Å². The van der Waals surface area contributed by atoms with Crippen LogP contribution < -0.4 is 0 Å². The lowest BCUT2D eigenvalue weighted by molar-refractivity contribution is -0.0572. The Kier molecular flexibility index (Phi) is 3.93. The van der Waals surface area contributed by atoms with Crippen LogP contribution in [0.5, 0.6) is 0 Å². The van der Waals surface area contributed by atoms with Crippen molar-refractivity contribution in [2.45, 2.75) is 45.4 Å². The summed E-state index contributed by atoms with van der Waals surface area (Å²) in [6.07, 6.45) is 0. The van der Waals surface area contributed by atoms with Crippen molar-refractivity contribution in [3.63, 3.8) is 0 Å². The number of nitrogens with zero attached hydrogens (tertiary/aromatic N) is 1. The van der Waals surface area contributed by atoms with E-state index in [4.69, 9.17) is 9.47 Å². The highest BCUT2D eigenvalue weighted by molar-refractivity contribution is 4.86. The van der Waals surface area contributed by atoms with E-state index < -0.39 is 0 Å². The Hall–Kier alpha value is -0.120. The fourth-order valence-corrected chi connectivity index (χ4v) is 1.94. The number of hydrogen-bond acceptors (Lipinski definition) is 3. The molecule has 1 heterocycles. The molecule has 0 amide bonds. The Labute approximate surface area is 87.4 Å². The van der Waals surface area contributed by atoms with E-state index in [9.17, 15) is 0 Å². The highest BCUT2D eigenvalue weighted by atomic mass is 16.5. The molecule has 0 spiro atoms. The minimum absolute atomic E-state index is 0.158. The molecule has 0 saturated carbocycles. The van der Waals surface area contributed by atoms with Gasteiger partial charge in [0.15, 0.2) is 0 Å². The van der Waals surface area contributed by atoms with Crippen LogP contribution in [-0.4, -0.2) is 49.5 Å². The second kappa shape index (κ2) is 4.60. The molecule has 0 aromatic heterocycles. The van der Waals surface area contributed by atoms with Crippen molar-refractivity contribution in [1.82, 2.24) is 4.90 Å². The minimum atomic E-state index is -0.158. The van der Waals surface area contributed by atoms with Crippen LogP contribution in [0.3, 0.4) is 0 Å². The molecule has 2 unspecified atom stereocenters. The number of hydrogen-bond donors (Lipinski definition) is 0. The zero-order chi connectivity index (χ0) is 10.8. The molecule has 0 radical (unpaired) electrons. The summed E-state index contributed by atoms with van der Waals surface area (Å²) in [5.41, 5.74) is -0.158. The van der Waals surface area contributed by atoms with Gasteiger partial charge in [-0.15, -0.1) is 0 Å². The van der Waals surface area contributed by atoms with Crippen LogP contribution in [0.1, 0.15) is 27.7 Å². The van der Waals surface area contributed by atoms with E-state index in [0.717, 1.165) is 13.2 Å². The lowest BCUT2D eigenvalue weighted by atomic mass is 10.1. The van der Waals surface area contributed by atoms with E-state index in [1.165, 1.54) is 0 Å². The highest BCUT2D eigenvalue weighted by Gasteiger charge is 2.33. The Morgan fingerprint density at radius 2 is 2.14 bits per heavy atom. The summed E-state index contributed by atoms with van der Waals surface area (Å²) in [7, 11) is 1.76. The predicted octanol–water partition coefficient (Wildman–Crippen LogP) is 1.52. The summed E-state index contributed by atoms with van der Waals surface area (Å²) in [5.74, 6) is 0. The predicted molar refractivity (Wildman–Crippen MR) is 57.5 cm³/mol. The topological polar surface area (TPSA) is 21.7 Å². The quantitative estimate of drug-likeness (QED) is 0.676. The van der Waals surface area contributed by atoms with Gasteiger partial charge in [-0.2, -0.15) is 0 Å². The molecule has 1 aliphatic rings. The Morgan fingerprint density at radius 1 is 1.50 bits per heavy atom. The van der Waals surface area contributed by atoms with E-state index in [0.29, 0.717) is 18.7 Å². The van der Waals surface area contributed by atoms with Gasteiger partial charge in [-0.3, -0.25) is 4.90 Å². The third-order valence-corrected chi connectivity index (χ3v) is 3.01. The van der Waals surface area contributed by atoms with Gasteiger partial charge >= 0.3 is 0 Å². The second-order valence-electron chi connectivity index (χ2n) is 4.78. The number of ether oxygens (including phenoxy) is 2. The smallest absolute Gasteiger partial charge is 0.101 e. The van der Waals surface area contributed by atoms with Crippen molar-refractivity contribution >= 4 is 0 Å². The van der Waals surface area contributed by atoms with Crippen LogP contribution in [0.4, 0.5) is 0 Å². The van der Waals surface area contributed by atoms with Gasteiger partial charge in [0, 0.05) is 25.7 Å². The molecule has 2 atom stereocenters. The standard InChI is InChI=1S/C11H23NO2/c1-9(2)12-7-11(4,13-5)8-14-6-10(12)3/h9-10H,6-8H2,1-5H3. The maximum Gasteiger partial charge on any atom is 0.101 e. The minimum Gasteiger partial charge on any atom is -0.377 e. The molecule has 14 heavy (non-hydrogen) atoms. The fourth-order valence-electron chi connectivity index (χ4n) is 1.94. The summed E-state index contributed by atoms with van der Waals surface area (Å²) in [4.78, 5) is 2.44. The van der Waals surface area contributed by atoms with Gasteiger partial charge in [-0.1, -0.05) is 0 Å². The number of methoxy groups -OCH3 is 1. The average molecular weight is 201 g/mol. The zero-order valence-electron chi connectivity index (χ0n) is 10.0. The molecule has 3 heteroatoms. The summed E-state index contributed by atoms with van der Waals surface area (Å²) in [5, 5.41) is 0. The number of rotatable bonds is 2. The van der Waals surface area contributed by atoms with E-state index in [2.05, 4.69) is 32.6 Å². The van der Waals surface area contributed by atoms with Gasteiger partial charge in [-0.25, -0.2) is 0 Å². The summed E-state index contributed by atoms with van der Waals surface area (Å²) in [6.45, 7) is 11.2. The first-order valence-corrected chi connectivity index (χ1v) is 5.37. The van der Waals surface area contributed by atoms with Crippen LogP contribution in [0.15, 0.2) is 0 Å². The van der Waals surface area contributed by atoms with Crippen LogP contribution >= 0.6 is 0 Å². The van der Waals surface area contributed by atoms with Gasteiger partial charge in [0.05, 0.1) is 13.2 Å². The molecule has 1 saturated heterocycles. The monoisotopic (exact) mass is 201 g/mol. The lowest BCUT2D eigenvalue weighted by Gasteiger charge is -2.35. The van der Waals surface area contributed by atoms with Gasteiger partial charge in [0.1, 0.15) is 5.60 Å². The molecule has 1 aliphatic heterocycles. The third kappa shape index (κ3) is 2.69. The van der Waals surface area contributed by atoms with Crippen molar-refractivity contribution < 1.29 is 9.47 Å². The lowest BCUT2D eigenvalue weighted by Crippen LogP contribution is -2.48. The van der Waals surface area contributed by atoms with Crippen molar-refractivity contribution in [1.29, 1.82) is 0 Å². The van der Waals surface area contributed by atoms with E-state index in [1.807, 2.05) is 0 Å². The molecule has 0 N–H and O–H groups in total. The van der Waals surface area contributed by atoms with Crippen molar-refractivity contribution in [3.8, 4) is 0 Å². The molecule has 0 aromatic carbocycles. The molecule has 84 valence electrons. The maximum absolute atomic E-state index is 5.63. The van der Waals surface area contributed by atoms with E-state index in [-0.39, 0.29) is 5.60 Å². The van der Waals surface area contributed by atoms with Gasteiger partial charge in [0.2, 0.25) is 0 Å². The molecule has 3 nitrogen and oxygen atoms in total. The molecule has 0 bridgehead atoms. The van der Waals surface area contributed by atoms with Crippen molar-refractivity contribution in [2.75, 3.05) is 26.9 Å². The van der Waals surface area contributed by atoms with Gasteiger partial charge in [0.25, 0.3) is 0 Å². The SMILES string of the molecule is COC1(C)COCC(C)N(C(C)C)C1. The molecule has 1 rings (SSSR count). The molecule has 1 fully saturated rings. The Morgan fingerprint density at radius 3 is 2.64 bits per heavy atom. The average Bonchev–Trinajstić information content (AvgIpc) is 2.27. The van der Waals surface area contributed by atoms with Crippen LogP contribution in [-0.2, 0) is 9.47 Å². The summed E-state index contributed by atoms with van der Waals surface area (Å²) >= 11 is 0. The summed E-state index contributed by atoms with van der Waals surface area (Å²) < 4.78 is 11.1. The first-order chi connectivity index (χ1) is 6.48. The molecular formula is C11H23NO2. The zero-order valence-corrected chi connectivity index (χ0v) is 10.0. The summed E-state index contributed by atoms with van der Waals surface area (Å²) in [6, 6.07) is 1.02. The van der Waals surface area contributed by atoms with Crippen LogP contribution in [0.2, 0.25) is 0 Å². The molecule has 0 aromatic rings. The van der Waals surface area contributed by atoms with Crippen molar-refractivity contribution in [2.24, 2.45) is 0 Å². The fraction of sp³-hybridized carbons (Fsp3) is 1.00. The van der Waals surface area contributed by atoms with E-state index in [1.54, 1.807) is 7.11 Å². The largest absolute Gasteiger partial charge is 0.377 e. The molecule has 0 aliphatic carbocycles.